The molecule has 2 fully saturated rings. The molecule has 0 unspecified atom stereocenters. The molecule has 0 amide bonds. The fraction of sp³-hybridized carbons (Fsp3) is 0.314. The summed E-state index contributed by atoms with van der Waals surface area (Å²) in [5.74, 6) is -4.21. The molecule has 18 heteroatoms. The topological polar surface area (TPSA) is 296 Å². The number of carbonyl (C=O) groups excluding carboxylic acids is 1. The number of carbonyl (C=O) groups is 1. The molecular weight excluding hydrogens is 708 g/mol. The Morgan fingerprint density at radius 2 is 1.55 bits per heavy atom. The lowest BCUT2D eigenvalue weighted by Gasteiger charge is -2.45. The molecule has 2 saturated heterocycles. The smallest absolute Gasteiger partial charge is 0.331 e. The first-order valence-corrected chi connectivity index (χ1v) is 15.9. The van der Waals surface area contributed by atoms with E-state index in [-0.39, 0.29) is 28.2 Å². The second-order valence-electron chi connectivity index (χ2n) is 12.1. The fourth-order valence-electron chi connectivity index (χ4n) is 5.74. The van der Waals surface area contributed by atoms with Crippen LogP contribution in [0.4, 0.5) is 0 Å². The molecule has 6 rings (SSSR count). The van der Waals surface area contributed by atoms with E-state index in [1.807, 2.05) is 0 Å². The Morgan fingerprint density at radius 3 is 2.25 bits per heavy atom. The third kappa shape index (κ3) is 7.70. The molecular formula is C35H34O18. The standard InChI is InChI=1S/C35H34O18/c36-12-23-27(45)29(47)33(53-34-32(26(44)21(42)13-48-34)51-24(43)8-2-14-1-7-18(39)19(40)9-14)35(50-23)52-31-28(46)25-20(41)10-17(38)11-22(25)49-30(31)15-3-5-16(37)6-4-15/h1-11,21,23,26-27,29,32-42,44-45,47H,12-13H2/b8-2+/t21-,23+,26-,27-,29-,32+,33+,34-,35-/m0/s1. The molecule has 2 aliphatic rings. The van der Waals surface area contributed by atoms with Crippen molar-refractivity contribution in [1.29, 1.82) is 0 Å². The minimum Gasteiger partial charge on any atom is -0.508 e. The third-order valence-electron chi connectivity index (χ3n) is 8.49. The van der Waals surface area contributed by atoms with Gasteiger partial charge in [-0.05, 0) is 48.0 Å². The van der Waals surface area contributed by atoms with Crippen LogP contribution < -0.4 is 10.2 Å². The van der Waals surface area contributed by atoms with Crippen molar-refractivity contribution < 1.29 is 84.0 Å². The van der Waals surface area contributed by atoms with Gasteiger partial charge in [0.25, 0.3) is 0 Å². The molecule has 9 atom stereocenters. The van der Waals surface area contributed by atoms with Gasteiger partial charge in [0.1, 0.15) is 58.7 Å². The van der Waals surface area contributed by atoms with Crippen LogP contribution in [-0.4, -0.2) is 126 Å². The zero-order chi connectivity index (χ0) is 38.1. The van der Waals surface area contributed by atoms with Crippen LogP contribution in [0.15, 0.2) is 69.9 Å². The lowest BCUT2D eigenvalue weighted by molar-refractivity contribution is -0.345. The third-order valence-corrected chi connectivity index (χ3v) is 8.49. The van der Waals surface area contributed by atoms with Crippen LogP contribution in [0.1, 0.15) is 5.56 Å². The van der Waals surface area contributed by atoms with Crippen LogP contribution in [-0.2, 0) is 23.7 Å². The number of ether oxygens (including phenoxy) is 5. The summed E-state index contributed by atoms with van der Waals surface area (Å²) in [7, 11) is 0. The quantitative estimate of drug-likeness (QED) is 0.0608. The van der Waals surface area contributed by atoms with Gasteiger partial charge >= 0.3 is 5.97 Å². The summed E-state index contributed by atoms with van der Waals surface area (Å²) in [5.41, 5.74) is -0.866. The zero-order valence-corrected chi connectivity index (χ0v) is 27.2. The zero-order valence-electron chi connectivity index (χ0n) is 27.2. The molecule has 18 nitrogen and oxygen atoms in total. The molecule has 10 N–H and O–H groups in total. The van der Waals surface area contributed by atoms with Crippen molar-refractivity contribution >= 4 is 23.0 Å². The molecule has 2 aliphatic heterocycles. The van der Waals surface area contributed by atoms with E-state index in [1.54, 1.807) is 0 Å². The van der Waals surface area contributed by atoms with Crippen LogP contribution in [0.2, 0.25) is 0 Å². The van der Waals surface area contributed by atoms with E-state index >= 15 is 0 Å². The normalized spacial score (nSPS) is 27.5. The van der Waals surface area contributed by atoms with Crippen LogP contribution in [0.25, 0.3) is 28.4 Å². The van der Waals surface area contributed by atoms with Crippen LogP contribution in [0, 0.1) is 0 Å². The molecule has 3 aromatic carbocycles. The lowest BCUT2D eigenvalue weighted by atomic mass is 9.98. The van der Waals surface area contributed by atoms with Crippen molar-refractivity contribution in [2.24, 2.45) is 0 Å². The Balaban J connectivity index is 1.35. The lowest BCUT2D eigenvalue weighted by Crippen LogP contribution is -2.64. The molecule has 0 aliphatic carbocycles. The second kappa shape index (κ2) is 15.3. The van der Waals surface area contributed by atoms with E-state index in [9.17, 15) is 60.7 Å². The summed E-state index contributed by atoms with van der Waals surface area (Å²) < 4.78 is 34.3. The molecule has 0 spiro atoms. The number of esters is 1. The summed E-state index contributed by atoms with van der Waals surface area (Å²) >= 11 is 0. The van der Waals surface area contributed by atoms with Crippen LogP contribution in [0.5, 0.6) is 34.5 Å². The maximum atomic E-state index is 13.9. The second-order valence-corrected chi connectivity index (χ2v) is 12.1. The number of fused-ring (bicyclic) bond motifs is 1. The maximum Gasteiger partial charge on any atom is 0.331 e. The highest BCUT2D eigenvalue weighted by atomic mass is 16.8. The molecule has 0 radical (unpaired) electrons. The Morgan fingerprint density at radius 1 is 0.811 bits per heavy atom. The Labute approximate surface area is 297 Å². The summed E-state index contributed by atoms with van der Waals surface area (Å²) in [6.45, 7) is -1.43. The highest BCUT2D eigenvalue weighted by molar-refractivity contribution is 5.88. The number of aliphatic hydroxyl groups is 5. The van der Waals surface area contributed by atoms with Gasteiger partial charge in [-0.25, -0.2) is 4.79 Å². The van der Waals surface area contributed by atoms with Crippen molar-refractivity contribution in [3.63, 3.8) is 0 Å². The molecule has 282 valence electrons. The summed E-state index contributed by atoms with van der Waals surface area (Å²) in [4.78, 5) is 26.8. The minimum atomic E-state index is -1.98. The van der Waals surface area contributed by atoms with E-state index in [0.29, 0.717) is 0 Å². The van der Waals surface area contributed by atoms with E-state index < -0.39 is 114 Å². The van der Waals surface area contributed by atoms with Crippen LogP contribution >= 0.6 is 0 Å². The average molecular weight is 743 g/mol. The monoisotopic (exact) mass is 742 g/mol. The van der Waals surface area contributed by atoms with Gasteiger partial charge in [0.2, 0.25) is 17.5 Å². The summed E-state index contributed by atoms with van der Waals surface area (Å²) in [6, 6.07) is 10.8. The first-order valence-electron chi connectivity index (χ1n) is 15.9. The molecule has 0 bridgehead atoms. The van der Waals surface area contributed by atoms with Gasteiger partial charge in [0, 0.05) is 23.8 Å². The van der Waals surface area contributed by atoms with Crippen molar-refractivity contribution in [2.45, 2.75) is 55.3 Å². The SMILES string of the molecule is O=C(/C=C/c1ccc(O)c(O)c1)O[C@H]1[C@H](O[C@H]2[C@H](Oc3c(-c4ccc(O)cc4)oc4cc(O)cc(O)c4c3=O)O[C@H](CO)[C@H](O)[C@@H]2O)OC[C@H](O)[C@@H]1O. The fourth-order valence-corrected chi connectivity index (χ4v) is 5.74. The number of phenols is 5. The Bertz CT molecular complexity index is 2040. The highest BCUT2D eigenvalue weighted by Gasteiger charge is 2.51. The van der Waals surface area contributed by atoms with Crippen LogP contribution in [0.3, 0.4) is 0 Å². The number of phenolic OH excluding ortho intramolecular Hbond substituents is 5. The van der Waals surface area contributed by atoms with Gasteiger partial charge in [-0.2, -0.15) is 0 Å². The Hall–Kier alpha value is -5.44. The van der Waals surface area contributed by atoms with E-state index in [1.165, 1.54) is 42.5 Å². The number of aliphatic hydroxyl groups excluding tert-OH is 5. The molecule has 0 saturated carbocycles. The molecule has 1 aromatic heterocycles. The van der Waals surface area contributed by atoms with E-state index in [2.05, 4.69) is 0 Å². The van der Waals surface area contributed by atoms with Crippen molar-refractivity contribution in [2.75, 3.05) is 13.2 Å². The number of rotatable bonds is 9. The van der Waals surface area contributed by atoms with Crippen molar-refractivity contribution in [3.05, 3.63) is 76.5 Å². The first-order chi connectivity index (χ1) is 25.2. The predicted molar refractivity (Wildman–Crippen MR) is 177 cm³/mol. The summed E-state index contributed by atoms with van der Waals surface area (Å²) in [5, 5.41) is 102. The van der Waals surface area contributed by atoms with E-state index in [4.69, 9.17) is 28.1 Å². The maximum absolute atomic E-state index is 13.9. The van der Waals surface area contributed by atoms with Gasteiger partial charge in [-0.3, -0.25) is 4.79 Å². The average Bonchev–Trinajstić information content (AvgIpc) is 3.12. The minimum absolute atomic E-state index is 0.141. The molecule has 3 heterocycles. The summed E-state index contributed by atoms with van der Waals surface area (Å²) in [6.07, 6.45) is -14.0. The van der Waals surface area contributed by atoms with Gasteiger partial charge in [-0.15, -0.1) is 0 Å². The highest BCUT2D eigenvalue weighted by Crippen LogP contribution is 2.38. The molecule has 53 heavy (non-hydrogen) atoms. The first kappa shape index (κ1) is 37.3. The number of hydrogen-bond acceptors (Lipinski definition) is 18. The number of aromatic hydroxyl groups is 5. The Kier molecular flexibility index (Phi) is 10.8. The largest absolute Gasteiger partial charge is 0.508 e. The van der Waals surface area contributed by atoms with Gasteiger partial charge in [0.05, 0.1) is 13.2 Å². The predicted octanol–water partition coefficient (Wildman–Crippen LogP) is -0.106. The van der Waals surface area contributed by atoms with Gasteiger partial charge in [0.15, 0.2) is 35.8 Å². The van der Waals surface area contributed by atoms with Crippen molar-refractivity contribution in [3.8, 4) is 45.8 Å². The van der Waals surface area contributed by atoms with Gasteiger partial charge in [-0.1, -0.05) is 6.07 Å². The van der Waals surface area contributed by atoms with Gasteiger partial charge < -0.3 is 79.2 Å². The van der Waals surface area contributed by atoms with Crippen molar-refractivity contribution in [1.82, 2.24) is 0 Å². The number of hydrogen-bond donors (Lipinski definition) is 10. The molecule has 4 aromatic rings. The number of benzene rings is 3. The van der Waals surface area contributed by atoms with E-state index in [0.717, 1.165) is 24.3 Å².